The molecule has 8 nitrogen and oxygen atoms in total. The molecule has 9 heteroatoms. The molecule has 3 amide bonds. The van der Waals surface area contributed by atoms with Crippen LogP contribution in [0, 0.1) is 10.8 Å². The molecule has 2 aliphatic heterocycles. The number of amides is 3. The molecule has 0 radical (unpaired) electrons. The van der Waals surface area contributed by atoms with Crippen LogP contribution in [0.4, 0.5) is 9.18 Å². The normalized spacial score (nSPS) is 44.1. The average molecular weight is 374 g/mol. The molecule has 1 aliphatic carbocycles. The van der Waals surface area contributed by atoms with Gasteiger partial charge in [-0.1, -0.05) is 27.7 Å². The highest BCUT2D eigenvalue weighted by atomic mass is 19.1. The number of fused-ring (bicyclic) bond motifs is 1. The molecule has 0 aromatic carbocycles. The van der Waals surface area contributed by atoms with Crippen LogP contribution in [0.3, 0.4) is 0 Å². The Kier molecular flexibility index (Phi) is 4.20. The van der Waals surface area contributed by atoms with Gasteiger partial charge in [0.15, 0.2) is 6.23 Å². The second kappa shape index (κ2) is 5.60. The standard InChI is InChI=1S/C17H27FN2O6/c1-6-19-13(24)17(18)12(15(2,3)16(17,4)5)20(14(19)25)11-10(23)9(22)8(7-21)26-11/h8-12,21-23H,6-7H2,1-5H3/t8-,9-,10-,11-,12-,17-/m1/s1. The zero-order valence-corrected chi connectivity index (χ0v) is 15.6. The molecule has 0 unspecified atom stereocenters. The number of aliphatic hydroxyl groups is 3. The van der Waals surface area contributed by atoms with E-state index in [4.69, 9.17) is 4.74 Å². The number of carbonyl (C=O) groups excluding carboxylic acids is 2. The highest BCUT2D eigenvalue weighted by Crippen LogP contribution is 2.68. The first-order chi connectivity index (χ1) is 11.9. The minimum absolute atomic E-state index is 0.0299. The van der Waals surface area contributed by atoms with Crippen molar-refractivity contribution >= 4 is 11.9 Å². The van der Waals surface area contributed by atoms with Gasteiger partial charge in [0, 0.05) is 12.0 Å². The SMILES string of the molecule is CCN1C(=O)N([C@@H]2O[C@H](CO)[C@@H](O)[C@H]2O)[C@@H]2C(C)(C)C(C)(C)[C@]2(F)C1=O. The van der Waals surface area contributed by atoms with Gasteiger partial charge in [-0.25, -0.2) is 9.18 Å². The van der Waals surface area contributed by atoms with Crippen molar-refractivity contribution in [3.8, 4) is 0 Å². The summed E-state index contributed by atoms with van der Waals surface area (Å²) in [4.78, 5) is 27.6. The number of halogens is 1. The third kappa shape index (κ3) is 1.92. The summed E-state index contributed by atoms with van der Waals surface area (Å²) in [5.41, 5.74) is -4.20. The first-order valence-corrected chi connectivity index (χ1v) is 8.85. The first-order valence-electron chi connectivity index (χ1n) is 8.85. The molecule has 2 heterocycles. The largest absolute Gasteiger partial charge is 0.394 e. The van der Waals surface area contributed by atoms with Gasteiger partial charge >= 0.3 is 6.03 Å². The second-order valence-corrected chi connectivity index (χ2v) is 8.43. The molecule has 0 aromatic rings. The predicted molar refractivity (Wildman–Crippen MR) is 87.6 cm³/mol. The number of aliphatic hydroxyl groups excluding tert-OH is 3. The highest BCUT2D eigenvalue weighted by molar-refractivity contribution is 6.04. The first kappa shape index (κ1) is 19.5. The summed E-state index contributed by atoms with van der Waals surface area (Å²) in [6, 6.07) is -1.92. The lowest BCUT2D eigenvalue weighted by atomic mass is 9.40. The molecule has 26 heavy (non-hydrogen) atoms. The number of hydrogen-bond donors (Lipinski definition) is 3. The minimum Gasteiger partial charge on any atom is -0.394 e. The molecule has 0 aromatic heterocycles. The molecule has 3 fully saturated rings. The Morgan fingerprint density at radius 1 is 1.15 bits per heavy atom. The predicted octanol–water partition coefficient (Wildman–Crippen LogP) is -0.148. The fourth-order valence-electron chi connectivity index (χ4n) is 4.67. The van der Waals surface area contributed by atoms with E-state index in [2.05, 4.69) is 0 Å². The Hall–Kier alpha value is -1.29. The van der Waals surface area contributed by atoms with E-state index >= 15 is 4.39 Å². The molecule has 2 saturated heterocycles. The molecule has 3 N–H and O–H groups in total. The molecular weight excluding hydrogens is 347 g/mol. The van der Waals surface area contributed by atoms with E-state index in [1.165, 1.54) is 0 Å². The van der Waals surface area contributed by atoms with Gasteiger partial charge in [0.05, 0.1) is 12.6 Å². The third-order valence-electron chi connectivity index (χ3n) is 6.97. The number of ether oxygens (including phenoxy) is 1. The van der Waals surface area contributed by atoms with E-state index in [0.717, 1.165) is 9.80 Å². The maximum absolute atomic E-state index is 16.1. The molecule has 3 rings (SSSR count). The number of rotatable bonds is 3. The van der Waals surface area contributed by atoms with Crippen molar-refractivity contribution in [2.75, 3.05) is 13.2 Å². The van der Waals surface area contributed by atoms with E-state index in [-0.39, 0.29) is 6.54 Å². The number of hydrogen-bond acceptors (Lipinski definition) is 6. The third-order valence-corrected chi connectivity index (χ3v) is 6.97. The van der Waals surface area contributed by atoms with Gasteiger partial charge < -0.3 is 20.1 Å². The molecule has 0 bridgehead atoms. The van der Waals surface area contributed by atoms with E-state index in [1.54, 1.807) is 34.6 Å². The highest BCUT2D eigenvalue weighted by Gasteiger charge is 2.82. The van der Waals surface area contributed by atoms with Crippen LogP contribution in [-0.2, 0) is 9.53 Å². The van der Waals surface area contributed by atoms with Crippen LogP contribution in [0.2, 0.25) is 0 Å². The number of urea groups is 1. The molecule has 1 saturated carbocycles. The smallest absolute Gasteiger partial charge is 0.329 e. The second-order valence-electron chi connectivity index (χ2n) is 8.43. The van der Waals surface area contributed by atoms with Gasteiger partial charge in [-0.2, -0.15) is 0 Å². The lowest BCUT2D eigenvalue weighted by Gasteiger charge is -2.72. The van der Waals surface area contributed by atoms with Gasteiger partial charge in [-0.3, -0.25) is 14.6 Å². The van der Waals surface area contributed by atoms with E-state index < -0.39 is 65.6 Å². The topological polar surface area (TPSA) is 111 Å². The van der Waals surface area contributed by atoms with E-state index in [0.29, 0.717) is 0 Å². The summed E-state index contributed by atoms with van der Waals surface area (Å²) in [5, 5.41) is 29.7. The zero-order chi connectivity index (χ0) is 19.8. The Bertz CT molecular complexity index is 641. The van der Waals surface area contributed by atoms with Crippen LogP contribution in [-0.4, -0.2) is 86.5 Å². The van der Waals surface area contributed by atoms with Gasteiger partial charge in [-0.15, -0.1) is 0 Å². The summed E-state index contributed by atoms with van der Waals surface area (Å²) >= 11 is 0. The van der Waals surface area contributed by atoms with Crippen LogP contribution < -0.4 is 0 Å². The van der Waals surface area contributed by atoms with Crippen molar-refractivity contribution in [3.63, 3.8) is 0 Å². The van der Waals surface area contributed by atoms with Crippen molar-refractivity contribution < 1.29 is 34.0 Å². The Morgan fingerprint density at radius 3 is 2.19 bits per heavy atom. The molecule has 0 spiro atoms. The average Bonchev–Trinajstić information content (AvgIpc) is 2.85. The van der Waals surface area contributed by atoms with Crippen molar-refractivity contribution in [2.24, 2.45) is 10.8 Å². The van der Waals surface area contributed by atoms with E-state index in [1.807, 2.05) is 0 Å². The van der Waals surface area contributed by atoms with Crippen LogP contribution in [0.25, 0.3) is 0 Å². The minimum atomic E-state index is -2.34. The lowest BCUT2D eigenvalue weighted by Crippen LogP contribution is -2.88. The quantitative estimate of drug-likeness (QED) is 0.634. The number of nitrogens with zero attached hydrogens (tertiary/aromatic N) is 2. The summed E-state index contributed by atoms with van der Waals surface area (Å²) in [7, 11) is 0. The Labute approximate surface area is 151 Å². The fraction of sp³-hybridized carbons (Fsp3) is 0.882. The fourth-order valence-corrected chi connectivity index (χ4v) is 4.67. The maximum Gasteiger partial charge on any atom is 0.329 e. The van der Waals surface area contributed by atoms with E-state index in [9.17, 15) is 24.9 Å². The molecule has 148 valence electrons. The Balaban J connectivity index is 2.09. The monoisotopic (exact) mass is 374 g/mol. The number of alkyl halides is 1. The van der Waals surface area contributed by atoms with Crippen molar-refractivity contribution in [1.82, 2.24) is 9.80 Å². The van der Waals surface area contributed by atoms with Crippen molar-refractivity contribution in [3.05, 3.63) is 0 Å². The van der Waals surface area contributed by atoms with Crippen molar-refractivity contribution in [2.45, 2.75) is 70.9 Å². The number of imide groups is 1. The molecular formula is C17H27FN2O6. The Morgan fingerprint density at radius 2 is 1.73 bits per heavy atom. The van der Waals surface area contributed by atoms with Crippen LogP contribution >= 0.6 is 0 Å². The van der Waals surface area contributed by atoms with Crippen LogP contribution in [0.1, 0.15) is 34.6 Å². The summed E-state index contributed by atoms with van der Waals surface area (Å²) in [6.07, 6.45) is -5.39. The molecule has 3 aliphatic rings. The van der Waals surface area contributed by atoms with Gasteiger partial charge in [0.2, 0.25) is 5.67 Å². The van der Waals surface area contributed by atoms with Gasteiger partial charge in [-0.05, 0) is 12.3 Å². The zero-order valence-electron chi connectivity index (χ0n) is 15.6. The summed E-state index contributed by atoms with van der Waals surface area (Å²) in [6.45, 7) is 7.76. The summed E-state index contributed by atoms with van der Waals surface area (Å²) < 4.78 is 21.6. The van der Waals surface area contributed by atoms with Crippen molar-refractivity contribution in [1.29, 1.82) is 0 Å². The maximum atomic E-state index is 16.1. The van der Waals surface area contributed by atoms with Gasteiger partial charge in [0.25, 0.3) is 5.91 Å². The van der Waals surface area contributed by atoms with Gasteiger partial charge in [0.1, 0.15) is 18.3 Å². The summed E-state index contributed by atoms with van der Waals surface area (Å²) in [5.74, 6) is -0.887. The lowest BCUT2D eigenvalue weighted by molar-refractivity contribution is -0.278. The van der Waals surface area contributed by atoms with Crippen LogP contribution in [0.15, 0.2) is 0 Å². The van der Waals surface area contributed by atoms with Crippen LogP contribution in [0.5, 0.6) is 0 Å². The molecule has 6 atom stereocenters. The number of carbonyl (C=O) groups is 2.